The molecule has 1 aliphatic carbocycles. The lowest BCUT2D eigenvalue weighted by atomic mass is 10.0. The predicted molar refractivity (Wildman–Crippen MR) is 69.7 cm³/mol. The molecule has 17 heavy (non-hydrogen) atoms. The second kappa shape index (κ2) is 6.36. The molecule has 2 heteroatoms. The lowest BCUT2D eigenvalue weighted by Crippen LogP contribution is -2.27. The third kappa shape index (κ3) is 4.16. The molecule has 1 aliphatic rings. The number of hydrogen-bond acceptors (Lipinski definition) is 2. The van der Waals surface area contributed by atoms with E-state index >= 15 is 0 Å². The monoisotopic (exact) mass is 229 g/mol. The molecule has 1 aromatic rings. The minimum atomic E-state index is 0.260. The van der Waals surface area contributed by atoms with Gasteiger partial charge in [-0.25, -0.2) is 0 Å². The Morgan fingerprint density at radius 3 is 2.82 bits per heavy atom. The topological polar surface area (TPSA) is 29.1 Å². The molecule has 0 saturated carbocycles. The third-order valence-electron chi connectivity index (χ3n) is 3.11. The van der Waals surface area contributed by atoms with E-state index < -0.39 is 0 Å². The molecule has 1 N–H and O–H groups in total. The Labute approximate surface area is 103 Å². The van der Waals surface area contributed by atoms with Crippen molar-refractivity contribution in [3.05, 3.63) is 48.0 Å². The fourth-order valence-corrected chi connectivity index (χ4v) is 2.08. The second-order valence-electron chi connectivity index (χ2n) is 4.54. The van der Waals surface area contributed by atoms with E-state index in [1.807, 2.05) is 12.1 Å². The molecule has 0 bridgehead atoms. The largest absolute Gasteiger partial charge is 0.306 e. The van der Waals surface area contributed by atoms with Gasteiger partial charge in [-0.15, -0.1) is 0 Å². The average molecular weight is 229 g/mol. The smallest absolute Gasteiger partial charge is 0.155 e. The van der Waals surface area contributed by atoms with E-state index in [1.165, 1.54) is 5.56 Å². The molecule has 1 atom stereocenters. The van der Waals surface area contributed by atoms with Crippen LogP contribution in [0.5, 0.6) is 0 Å². The molecule has 0 aromatic heterocycles. The standard InChI is InChI=1S/C15H19NO/c17-15-9-5-4-8-14(10-11-15)16-12-13-6-2-1-3-7-13/h1-3,6-7,10-11,14,16H,4-5,8-9,12H2/b11-10-. The Morgan fingerprint density at radius 2 is 2.00 bits per heavy atom. The summed E-state index contributed by atoms with van der Waals surface area (Å²) in [6.45, 7) is 0.865. The van der Waals surface area contributed by atoms with Gasteiger partial charge >= 0.3 is 0 Å². The zero-order valence-corrected chi connectivity index (χ0v) is 10.1. The van der Waals surface area contributed by atoms with Crippen LogP contribution in [-0.4, -0.2) is 11.8 Å². The van der Waals surface area contributed by atoms with Gasteiger partial charge in [0.15, 0.2) is 5.78 Å². The molecule has 0 aliphatic heterocycles. The fourth-order valence-electron chi connectivity index (χ4n) is 2.08. The molecule has 0 fully saturated rings. The lowest BCUT2D eigenvalue weighted by molar-refractivity contribution is -0.114. The minimum absolute atomic E-state index is 0.260. The Hall–Kier alpha value is -1.41. The summed E-state index contributed by atoms with van der Waals surface area (Å²) in [7, 11) is 0. The number of nitrogens with one attached hydrogen (secondary N) is 1. The molecule has 0 radical (unpaired) electrons. The van der Waals surface area contributed by atoms with E-state index in [2.05, 4.69) is 29.6 Å². The molecule has 1 unspecified atom stereocenters. The van der Waals surface area contributed by atoms with Gasteiger partial charge in [0.2, 0.25) is 0 Å². The number of allylic oxidation sites excluding steroid dienone is 1. The van der Waals surface area contributed by atoms with Gasteiger partial charge in [-0.3, -0.25) is 4.79 Å². The van der Waals surface area contributed by atoms with Gasteiger partial charge in [0, 0.05) is 19.0 Å². The molecule has 0 spiro atoms. The first-order chi connectivity index (χ1) is 8.34. The Balaban J connectivity index is 1.87. The lowest BCUT2D eigenvalue weighted by Gasteiger charge is -2.16. The highest BCUT2D eigenvalue weighted by Gasteiger charge is 2.08. The number of ketones is 1. The zero-order valence-electron chi connectivity index (χ0n) is 10.1. The van der Waals surface area contributed by atoms with Crippen LogP contribution in [0, 0.1) is 0 Å². The van der Waals surface area contributed by atoms with E-state index in [-0.39, 0.29) is 5.78 Å². The van der Waals surface area contributed by atoms with E-state index in [4.69, 9.17) is 0 Å². The summed E-state index contributed by atoms with van der Waals surface area (Å²) in [5.74, 6) is 0.260. The van der Waals surface area contributed by atoms with Crippen molar-refractivity contribution in [1.29, 1.82) is 0 Å². The van der Waals surface area contributed by atoms with Crippen LogP contribution in [0.15, 0.2) is 42.5 Å². The quantitative estimate of drug-likeness (QED) is 0.863. The van der Waals surface area contributed by atoms with Crippen LogP contribution in [0.1, 0.15) is 31.2 Å². The first-order valence-electron chi connectivity index (χ1n) is 6.33. The highest BCUT2D eigenvalue weighted by Crippen LogP contribution is 2.10. The Kier molecular flexibility index (Phi) is 4.51. The van der Waals surface area contributed by atoms with Crippen molar-refractivity contribution in [3.63, 3.8) is 0 Å². The number of rotatable bonds is 3. The molecule has 0 saturated heterocycles. The zero-order chi connectivity index (χ0) is 11.9. The summed E-state index contributed by atoms with van der Waals surface area (Å²) in [6, 6.07) is 10.7. The van der Waals surface area contributed by atoms with Crippen molar-refractivity contribution >= 4 is 5.78 Å². The molecular weight excluding hydrogens is 210 g/mol. The van der Waals surface area contributed by atoms with Crippen molar-refractivity contribution in [2.24, 2.45) is 0 Å². The van der Waals surface area contributed by atoms with Crippen LogP contribution in [0.2, 0.25) is 0 Å². The minimum Gasteiger partial charge on any atom is -0.306 e. The van der Waals surface area contributed by atoms with Crippen LogP contribution >= 0.6 is 0 Å². The highest BCUT2D eigenvalue weighted by atomic mass is 16.1. The molecule has 0 heterocycles. The molecule has 2 rings (SSSR count). The van der Waals surface area contributed by atoms with Crippen molar-refractivity contribution < 1.29 is 4.79 Å². The third-order valence-corrected chi connectivity index (χ3v) is 3.11. The van der Waals surface area contributed by atoms with Crippen molar-refractivity contribution in [2.45, 2.75) is 38.3 Å². The predicted octanol–water partition coefficient (Wildman–Crippen LogP) is 2.84. The average Bonchev–Trinajstić information content (AvgIpc) is 2.35. The maximum Gasteiger partial charge on any atom is 0.155 e. The first-order valence-corrected chi connectivity index (χ1v) is 6.33. The summed E-state index contributed by atoms with van der Waals surface area (Å²) in [4.78, 5) is 11.3. The normalized spacial score (nSPS) is 22.8. The molecule has 0 amide bonds. The fraction of sp³-hybridized carbons (Fsp3) is 0.400. The van der Waals surface area contributed by atoms with Gasteiger partial charge in [-0.1, -0.05) is 42.8 Å². The maximum absolute atomic E-state index is 11.3. The number of benzene rings is 1. The summed E-state index contributed by atoms with van der Waals surface area (Å²) < 4.78 is 0. The van der Waals surface area contributed by atoms with Crippen LogP contribution < -0.4 is 5.32 Å². The van der Waals surface area contributed by atoms with Gasteiger partial charge < -0.3 is 5.32 Å². The second-order valence-corrected chi connectivity index (χ2v) is 4.54. The van der Waals surface area contributed by atoms with Crippen LogP contribution in [0.25, 0.3) is 0 Å². The maximum atomic E-state index is 11.3. The van der Waals surface area contributed by atoms with Crippen molar-refractivity contribution in [1.82, 2.24) is 5.32 Å². The van der Waals surface area contributed by atoms with Gasteiger partial charge in [-0.2, -0.15) is 0 Å². The van der Waals surface area contributed by atoms with Crippen molar-refractivity contribution in [2.75, 3.05) is 0 Å². The van der Waals surface area contributed by atoms with Gasteiger partial charge in [0.25, 0.3) is 0 Å². The van der Waals surface area contributed by atoms with E-state index in [0.717, 1.165) is 25.8 Å². The van der Waals surface area contributed by atoms with Gasteiger partial charge in [-0.05, 0) is 24.5 Å². The van der Waals surface area contributed by atoms with Crippen LogP contribution in [0.4, 0.5) is 0 Å². The van der Waals surface area contributed by atoms with E-state index in [9.17, 15) is 4.79 Å². The number of carbonyl (C=O) groups excluding carboxylic acids is 1. The molecule has 2 nitrogen and oxygen atoms in total. The molecular formula is C15H19NO. The highest BCUT2D eigenvalue weighted by molar-refractivity contribution is 5.89. The van der Waals surface area contributed by atoms with Crippen LogP contribution in [-0.2, 0) is 11.3 Å². The Morgan fingerprint density at radius 1 is 1.18 bits per heavy atom. The summed E-state index contributed by atoms with van der Waals surface area (Å²) >= 11 is 0. The van der Waals surface area contributed by atoms with Crippen LogP contribution in [0.3, 0.4) is 0 Å². The van der Waals surface area contributed by atoms with Gasteiger partial charge in [0.1, 0.15) is 0 Å². The summed E-state index contributed by atoms with van der Waals surface area (Å²) in [5, 5.41) is 3.49. The molecule has 1 aromatic carbocycles. The van der Waals surface area contributed by atoms with E-state index in [1.54, 1.807) is 6.08 Å². The summed E-state index contributed by atoms with van der Waals surface area (Å²) in [5.41, 5.74) is 1.29. The SMILES string of the molecule is O=C1/C=C\C(NCc2ccccc2)CCCC1. The Bertz CT molecular complexity index is 383. The summed E-state index contributed by atoms with van der Waals surface area (Å²) in [6.07, 6.45) is 7.74. The molecule has 90 valence electrons. The van der Waals surface area contributed by atoms with E-state index in [0.29, 0.717) is 12.5 Å². The van der Waals surface area contributed by atoms with Crippen molar-refractivity contribution in [3.8, 4) is 0 Å². The number of hydrogen-bond donors (Lipinski definition) is 1. The first kappa shape index (κ1) is 12.1. The number of carbonyl (C=O) groups is 1. The van der Waals surface area contributed by atoms with Gasteiger partial charge in [0.05, 0.1) is 0 Å².